The summed E-state index contributed by atoms with van der Waals surface area (Å²) >= 11 is 1.71. The average molecular weight is 261 g/mol. The predicted molar refractivity (Wildman–Crippen MR) is 78.0 cm³/mol. The Morgan fingerprint density at radius 3 is 2.50 bits per heavy atom. The Kier molecular flexibility index (Phi) is 3.99. The maximum absolute atomic E-state index is 5.85. The minimum absolute atomic E-state index is 0.0908. The number of aryl methyl sites for hydroxylation is 1. The largest absolute Gasteiger partial charge is 0.369 e. The summed E-state index contributed by atoms with van der Waals surface area (Å²) in [5, 5.41) is 0. The number of rotatable bonds is 4. The fourth-order valence-electron chi connectivity index (χ4n) is 1.82. The molecular weight excluding hydrogens is 242 g/mol. The maximum Gasteiger partial charge on any atom is 0.0798 e. The van der Waals surface area contributed by atoms with Crippen molar-refractivity contribution in [3.05, 3.63) is 45.9 Å². The highest BCUT2D eigenvalue weighted by Gasteiger charge is 2.07. The van der Waals surface area contributed by atoms with Crippen molar-refractivity contribution in [1.82, 2.24) is 4.98 Å². The Hall–Kier alpha value is -1.39. The van der Waals surface area contributed by atoms with Gasteiger partial charge in [0.15, 0.2) is 0 Å². The fourth-order valence-corrected chi connectivity index (χ4v) is 2.65. The van der Waals surface area contributed by atoms with Crippen LogP contribution in [0.25, 0.3) is 0 Å². The van der Waals surface area contributed by atoms with Gasteiger partial charge >= 0.3 is 0 Å². The van der Waals surface area contributed by atoms with Gasteiger partial charge in [0.1, 0.15) is 0 Å². The number of hydrogen-bond acceptors (Lipinski definition) is 4. The summed E-state index contributed by atoms with van der Waals surface area (Å²) in [6.45, 7) is 4.95. The minimum Gasteiger partial charge on any atom is -0.369 e. The Labute approximate surface area is 112 Å². The van der Waals surface area contributed by atoms with Gasteiger partial charge in [-0.3, -0.25) is 0 Å². The number of nitrogens with zero attached hydrogens (tertiary/aromatic N) is 2. The molecule has 4 heteroatoms. The molecule has 1 heterocycles. The summed E-state index contributed by atoms with van der Waals surface area (Å²) in [5.41, 5.74) is 11.2. The highest BCUT2D eigenvalue weighted by atomic mass is 32.1. The first kappa shape index (κ1) is 13.1. The van der Waals surface area contributed by atoms with E-state index in [0.29, 0.717) is 0 Å². The van der Waals surface area contributed by atoms with E-state index in [-0.39, 0.29) is 6.04 Å². The molecular formula is C14H19N3S. The van der Waals surface area contributed by atoms with Crippen molar-refractivity contribution in [2.24, 2.45) is 5.73 Å². The van der Waals surface area contributed by atoms with Gasteiger partial charge in [-0.2, -0.15) is 0 Å². The Morgan fingerprint density at radius 2 is 2.00 bits per heavy atom. The molecule has 2 aromatic rings. The average Bonchev–Trinajstić information content (AvgIpc) is 2.75. The first-order valence-corrected chi connectivity index (χ1v) is 6.91. The Morgan fingerprint density at radius 1 is 1.33 bits per heavy atom. The number of anilines is 1. The smallest absolute Gasteiger partial charge is 0.0798 e. The van der Waals surface area contributed by atoms with Gasteiger partial charge < -0.3 is 10.6 Å². The van der Waals surface area contributed by atoms with E-state index < -0.39 is 0 Å². The zero-order valence-electron chi connectivity index (χ0n) is 11.1. The van der Waals surface area contributed by atoms with Gasteiger partial charge in [-0.05, 0) is 31.5 Å². The maximum atomic E-state index is 5.85. The lowest BCUT2D eigenvalue weighted by molar-refractivity contribution is 0.817. The zero-order valence-corrected chi connectivity index (χ0v) is 11.9. The lowest BCUT2D eigenvalue weighted by Crippen LogP contribution is -2.16. The van der Waals surface area contributed by atoms with E-state index in [1.54, 1.807) is 11.3 Å². The van der Waals surface area contributed by atoms with Crippen molar-refractivity contribution < 1.29 is 0 Å². The van der Waals surface area contributed by atoms with E-state index in [0.717, 1.165) is 12.2 Å². The van der Waals surface area contributed by atoms with E-state index in [1.807, 2.05) is 12.4 Å². The molecule has 0 aliphatic heterocycles. The van der Waals surface area contributed by atoms with Crippen LogP contribution >= 0.6 is 11.3 Å². The molecule has 2 rings (SSSR count). The number of nitrogens with two attached hydrogens (primary N) is 1. The SMILES string of the molecule is Cc1ncsc1CN(C)c1ccc(C(C)N)cc1. The van der Waals surface area contributed by atoms with Crippen LogP contribution in [0, 0.1) is 6.92 Å². The highest BCUT2D eigenvalue weighted by Crippen LogP contribution is 2.21. The quantitative estimate of drug-likeness (QED) is 0.919. The van der Waals surface area contributed by atoms with Crippen molar-refractivity contribution in [3.63, 3.8) is 0 Å². The molecule has 0 amide bonds. The van der Waals surface area contributed by atoms with E-state index in [1.165, 1.54) is 16.1 Å². The number of benzene rings is 1. The summed E-state index contributed by atoms with van der Waals surface area (Å²) in [6.07, 6.45) is 0. The summed E-state index contributed by atoms with van der Waals surface area (Å²) in [5.74, 6) is 0. The van der Waals surface area contributed by atoms with Gasteiger partial charge in [0.05, 0.1) is 17.7 Å². The third-order valence-electron chi connectivity index (χ3n) is 3.09. The van der Waals surface area contributed by atoms with Crippen LogP contribution in [0.3, 0.4) is 0 Å². The molecule has 96 valence electrons. The van der Waals surface area contributed by atoms with E-state index in [2.05, 4.69) is 48.1 Å². The van der Waals surface area contributed by atoms with Crippen LogP contribution in [0.1, 0.15) is 29.1 Å². The van der Waals surface area contributed by atoms with Crippen LogP contribution in [0.4, 0.5) is 5.69 Å². The van der Waals surface area contributed by atoms with E-state index >= 15 is 0 Å². The topological polar surface area (TPSA) is 42.2 Å². The minimum atomic E-state index is 0.0908. The van der Waals surface area contributed by atoms with Crippen molar-refractivity contribution in [1.29, 1.82) is 0 Å². The Balaban J connectivity index is 2.09. The van der Waals surface area contributed by atoms with Crippen LogP contribution in [0.2, 0.25) is 0 Å². The van der Waals surface area contributed by atoms with Crippen LogP contribution in [-0.2, 0) is 6.54 Å². The van der Waals surface area contributed by atoms with E-state index in [4.69, 9.17) is 5.73 Å². The molecule has 3 nitrogen and oxygen atoms in total. The van der Waals surface area contributed by atoms with Gasteiger partial charge in [0, 0.05) is 23.7 Å². The number of aromatic nitrogens is 1. The molecule has 0 saturated heterocycles. The second-order valence-electron chi connectivity index (χ2n) is 4.60. The summed E-state index contributed by atoms with van der Waals surface area (Å²) in [6, 6.07) is 8.52. The second-order valence-corrected chi connectivity index (χ2v) is 5.54. The standard InChI is InChI=1S/C14H19N3S/c1-10(15)12-4-6-13(7-5-12)17(3)8-14-11(2)16-9-18-14/h4-7,9-10H,8,15H2,1-3H3. The van der Waals surface area contributed by atoms with Gasteiger partial charge in [-0.1, -0.05) is 12.1 Å². The molecule has 0 aliphatic carbocycles. The number of thiazole rings is 1. The summed E-state index contributed by atoms with van der Waals surface area (Å²) in [7, 11) is 2.10. The lowest BCUT2D eigenvalue weighted by Gasteiger charge is -2.19. The summed E-state index contributed by atoms with van der Waals surface area (Å²) < 4.78 is 0. The predicted octanol–water partition coefficient (Wildman–Crippen LogP) is 3.11. The Bertz CT molecular complexity index is 502. The normalized spacial score (nSPS) is 12.4. The number of hydrogen-bond donors (Lipinski definition) is 1. The first-order valence-electron chi connectivity index (χ1n) is 6.03. The lowest BCUT2D eigenvalue weighted by atomic mass is 10.1. The molecule has 0 aliphatic rings. The first-order chi connectivity index (χ1) is 8.58. The zero-order chi connectivity index (χ0) is 13.1. The monoisotopic (exact) mass is 261 g/mol. The van der Waals surface area contributed by atoms with Gasteiger partial charge in [-0.25, -0.2) is 4.98 Å². The summed E-state index contributed by atoms with van der Waals surface area (Å²) in [4.78, 5) is 7.82. The van der Waals surface area contributed by atoms with Crippen molar-refractivity contribution in [2.45, 2.75) is 26.4 Å². The molecule has 0 bridgehead atoms. The molecule has 0 saturated carbocycles. The molecule has 0 radical (unpaired) electrons. The van der Waals surface area contributed by atoms with Gasteiger partial charge in [0.25, 0.3) is 0 Å². The van der Waals surface area contributed by atoms with Crippen LogP contribution in [0.15, 0.2) is 29.8 Å². The molecule has 1 aromatic heterocycles. The third kappa shape index (κ3) is 2.89. The van der Waals surface area contributed by atoms with E-state index in [9.17, 15) is 0 Å². The fraction of sp³-hybridized carbons (Fsp3) is 0.357. The molecule has 2 N–H and O–H groups in total. The van der Waals surface area contributed by atoms with Gasteiger partial charge in [0.2, 0.25) is 0 Å². The highest BCUT2D eigenvalue weighted by molar-refractivity contribution is 7.09. The van der Waals surface area contributed by atoms with Crippen molar-refractivity contribution in [3.8, 4) is 0 Å². The molecule has 1 aromatic carbocycles. The molecule has 18 heavy (non-hydrogen) atoms. The van der Waals surface area contributed by atoms with Crippen molar-refractivity contribution in [2.75, 3.05) is 11.9 Å². The molecule has 1 atom stereocenters. The molecule has 0 fully saturated rings. The van der Waals surface area contributed by atoms with Gasteiger partial charge in [-0.15, -0.1) is 11.3 Å². The third-order valence-corrected chi connectivity index (χ3v) is 4.01. The van der Waals surface area contributed by atoms with Crippen molar-refractivity contribution >= 4 is 17.0 Å². The van der Waals surface area contributed by atoms with Crippen LogP contribution < -0.4 is 10.6 Å². The van der Waals surface area contributed by atoms with Crippen LogP contribution in [-0.4, -0.2) is 12.0 Å². The molecule has 0 spiro atoms. The van der Waals surface area contributed by atoms with Crippen LogP contribution in [0.5, 0.6) is 0 Å². The molecule has 1 unspecified atom stereocenters. The second kappa shape index (κ2) is 5.50.